The second kappa shape index (κ2) is 6.93. The van der Waals surface area contributed by atoms with Gasteiger partial charge in [0.15, 0.2) is 0 Å². The number of amides is 2. The van der Waals surface area contributed by atoms with Gasteiger partial charge in [-0.05, 0) is 23.5 Å². The van der Waals surface area contributed by atoms with Gasteiger partial charge in [0, 0.05) is 38.6 Å². The van der Waals surface area contributed by atoms with Crippen molar-refractivity contribution < 1.29 is 9.59 Å². The number of nitrogens with zero attached hydrogens (tertiary/aromatic N) is 2. The maximum absolute atomic E-state index is 12.4. The molecule has 2 aliphatic heterocycles. The first-order chi connectivity index (χ1) is 11.4. The minimum absolute atomic E-state index is 0.0191. The van der Waals surface area contributed by atoms with Gasteiger partial charge in [-0.25, -0.2) is 0 Å². The van der Waals surface area contributed by atoms with Crippen molar-refractivity contribution in [3.05, 3.63) is 35.4 Å². The zero-order chi connectivity index (χ0) is 17.3. The zero-order valence-electron chi connectivity index (χ0n) is 14.8. The Morgan fingerprint density at radius 3 is 2.58 bits per heavy atom. The molecule has 2 fully saturated rings. The van der Waals surface area contributed by atoms with E-state index in [-0.39, 0.29) is 23.9 Å². The molecule has 0 spiro atoms. The molecular formula is C19H27N3O2. The van der Waals surface area contributed by atoms with Gasteiger partial charge in [0.1, 0.15) is 0 Å². The van der Waals surface area contributed by atoms with Crippen LogP contribution in [0.3, 0.4) is 0 Å². The van der Waals surface area contributed by atoms with Crippen LogP contribution in [-0.2, 0) is 16.1 Å². The molecule has 0 bridgehead atoms. The number of carbonyl (C=O) groups is 2. The van der Waals surface area contributed by atoms with Gasteiger partial charge < -0.3 is 10.2 Å². The molecule has 1 aromatic rings. The van der Waals surface area contributed by atoms with E-state index >= 15 is 0 Å². The van der Waals surface area contributed by atoms with Crippen molar-refractivity contribution in [3.63, 3.8) is 0 Å². The van der Waals surface area contributed by atoms with Crippen molar-refractivity contribution in [1.82, 2.24) is 15.1 Å². The normalized spacial score (nSPS) is 24.3. The second-order valence-corrected chi connectivity index (χ2v) is 7.40. The average Bonchev–Trinajstić information content (AvgIpc) is 2.90. The first kappa shape index (κ1) is 17.0. The van der Waals surface area contributed by atoms with Crippen molar-refractivity contribution in [1.29, 1.82) is 0 Å². The number of rotatable bonds is 4. The smallest absolute Gasteiger partial charge is 0.237 e. The Balaban J connectivity index is 1.61. The van der Waals surface area contributed by atoms with Crippen molar-refractivity contribution in [2.24, 2.45) is 0 Å². The Morgan fingerprint density at radius 1 is 1.25 bits per heavy atom. The van der Waals surface area contributed by atoms with Crippen LogP contribution in [0.5, 0.6) is 0 Å². The highest BCUT2D eigenvalue weighted by Gasteiger charge is 2.40. The van der Waals surface area contributed by atoms with Crippen LogP contribution in [0, 0.1) is 0 Å². The number of hydrogen-bond acceptors (Lipinski definition) is 3. The summed E-state index contributed by atoms with van der Waals surface area (Å²) in [7, 11) is 0. The largest absolute Gasteiger partial charge is 0.352 e. The Hall–Kier alpha value is -1.88. The second-order valence-electron chi connectivity index (χ2n) is 7.40. The lowest BCUT2D eigenvalue weighted by atomic mass is 10.0. The maximum atomic E-state index is 12.4. The summed E-state index contributed by atoms with van der Waals surface area (Å²) < 4.78 is 0. The molecule has 5 nitrogen and oxygen atoms in total. The van der Waals surface area contributed by atoms with Gasteiger partial charge in [0.25, 0.3) is 0 Å². The molecule has 5 heteroatoms. The number of nitrogens with one attached hydrogen (secondary N) is 1. The van der Waals surface area contributed by atoms with Crippen LogP contribution in [0.1, 0.15) is 44.2 Å². The van der Waals surface area contributed by atoms with Crippen molar-refractivity contribution >= 4 is 11.8 Å². The van der Waals surface area contributed by atoms with Crippen LogP contribution >= 0.6 is 0 Å². The van der Waals surface area contributed by atoms with E-state index in [2.05, 4.69) is 48.3 Å². The molecule has 0 radical (unpaired) electrons. The number of fused-ring (bicyclic) bond motifs is 1. The van der Waals surface area contributed by atoms with Gasteiger partial charge in [0.05, 0.1) is 6.54 Å². The number of carbonyl (C=O) groups excluding carboxylic acids is 2. The zero-order valence-corrected chi connectivity index (χ0v) is 14.8. The molecule has 130 valence electrons. The van der Waals surface area contributed by atoms with Crippen LogP contribution < -0.4 is 5.32 Å². The molecule has 1 N–H and O–H groups in total. The topological polar surface area (TPSA) is 52.7 Å². The summed E-state index contributed by atoms with van der Waals surface area (Å²) >= 11 is 0. The van der Waals surface area contributed by atoms with Crippen LogP contribution in [0.2, 0.25) is 0 Å². The monoisotopic (exact) mass is 329 g/mol. The summed E-state index contributed by atoms with van der Waals surface area (Å²) in [6.45, 7) is 8.73. The van der Waals surface area contributed by atoms with E-state index in [0.29, 0.717) is 19.0 Å². The van der Waals surface area contributed by atoms with Crippen LogP contribution in [0.25, 0.3) is 0 Å². The molecule has 2 amide bonds. The molecule has 0 unspecified atom stereocenters. The first-order valence-electron chi connectivity index (χ1n) is 8.80. The number of hydrogen-bond donors (Lipinski definition) is 1. The highest BCUT2D eigenvalue weighted by Crippen LogP contribution is 2.24. The average molecular weight is 329 g/mol. The van der Waals surface area contributed by atoms with Gasteiger partial charge in [-0.2, -0.15) is 0 Å². The quantitative estimate of drug-likeness (QED) is 0.915. The third kappa shape index (κ3) is 3.78. The molecule has 3 rings (SSSR count). The minimum Gasteiger partial charge on any atom is -0.352 e. The lowest BCUT2D eigenvalue weighted by molar-refractivity contribution is -0.138. The summed E-state index contributed by atoms with van der Waals surface area (Å²) in [5.74, 6) is 0.695. The molecule has 2 atom stereocenters. The van der Waals surface area contributed by atoms with Crippen molar-refractivity contribution in [2.75, 3.05) is 19.6 Å². The Morgan fingerprint density at radius 2 is 1.96 bits per heavy atom. The Labute approximate surface area is 144 Å². The SMILES string of the molecule is CC(=O)N[C@H]1C[C@H]2CN(Cc3ccc(C(C)C)cc3)CC(=O)N2C1. The summed E-state index contributed by atoms with van der Waals surface area (Å²) in [6.07, 6.45) is 0.855. The molecule has 0 aliphatic carbocycles. The summed E-state index contributed by atoms with van der Waals surface area (Å²) in [5, 5.41) is 2.95. The molecule has 0 saturated carbocycles. The fourth-order valence-electron chi connectivity index (χ4n) is 3.82. The Bertz CT molecular complexity index is 612. The molecule has 24 heavy (non-hydrogen) atoms. The first-order valence-corrected chi connectivity index (χ1v) is 8.80. The summed E-state index contributed by atoms with van der Waals surface area (Å²) in [6, 6.07) is 9.02. The van der Waals surface area contributed by atoms with E-state index in [9.17, 15) is 9.59 Å². The van der Waals surface area contributed by atoms with Gasteiger partial charge in [-0.3, -0.25) is 14.5 Å². The predicted molar refractivity (Wildman–Crippen MR) is 93.5 cm³/mol. The summed E-state index contributed by atoms with van der Waals surface area (Å²) in [5.41, 5.74) is 2.59. The molecule has 2 aliphatic rings. The van der Waals surface area contributed by atoms with Crippen molar-refractivity contribution in [3.8, 4) is 0 Å². The molecule has 1 aromatic carbocycles. The highest BCUT2D eigenvalue weighted by molar-refractivity contribution is 5.80. The lowest BCUT2D eigenvalue weighted by Crippen LogP contribution is -2.53. The van der Waals surface area contributed by atoms with Gasteiger partial charge in [0.2, 0.25) is 11.8 Å². The number of benzene rings is 1. The fraction of sp³-hybridized carbons (Fsp3) is 0.579. The van der Waals surface area contributed by atoms with E-state index in [4.69, 9.17) is 0 Å². The molecule has 2 saturated heterocycles. The molecular weight excluding hydrogens is 302 g/mol. The highest BCUT2D eigenvalue weighted by atomic mass is 16.2. The number of piperazine rings is 1. The van der Waals surface area contributed by atoms with Crippen molar-refractivity contribution in [2.45, 2.75) is 51.7 Å². The van der Waals surface area contributed by atoms with Crippen LogP contribution in [-0.4, -0.2) is 53.3 Å². The van der Waals surface area contributed by atoms with Gasteiger partial charge in [-0.15, -0.1) is 0 Å². The predicted octanol–water partition coefficient (Wildman–Crippen LogP) is 1.73. The third-order valence-corrected chi connectivity index (χ3v) is 5.02. The van der Waals surface area contributed by atoms with E-state index < -0.39 is 0 Å². The van der Waals surface area contributed by atoms with E-state index in [0.717, 1.165) is 19.5 Å². The third-order valence-electron chi connectivity index (χ3n) is 5.02. The minimum atomic E-state index is -0.0191. The Kier molecular flexibility index (Phi) is 4.90. The van der Waals surface area contributed by atoms with E-state index in [1.165, 1.54) is 18.1 Å². The van der Waals surface area contributed by atoms with E-state index in [1.807, 2.05) is 4.90 Å². The van der Waals surface area contributed by atoms with Crippen LogP contribution in [0.4, 0.5) is 0 Å². The standard InChI is InChI=1S/C19H27N3O2/c1-13(2)16-6-4-15(5-7-16)9-21-11-18-8-17(20-14(3)23)10-22(18)19(24)12-21/h4-7,13,17-18H,8-12H2,1-3H3,(H,20,23)/t17-,18-/m0/s1. The lowest BCUT2D eigenvalue weighted by Gasteiger charge is -2.36. The fourth-order valence-corrected chi connectivity index (χ4v) is 3.82. The molecule has 0 aromatic heterocycles. The summed E-state index contributed by atoms with van der Waals surface area (Å²) in [4.78, 5) is 27.8. The van der Waals surface area contributed by atoms with Crippen LogP contribution in [0.15, 0.2) is 24.3 Å². The van der Waals surface area contributed by atoms with Gasteiger partial charge in [-0.1, -0.05) is 38.1 Å². The van der Waals surface area contributed by atoms with E-state index in [1.54, 1.807) is 0 Å². The van der Waals surface area contributed by atoms with Gasteiger partial charge >= 0.3 is 0 Å². The maximum Gasteiger partial charge on any atom is 0.237 e. The molecule has 2 heterocycles.